The van der Waals surface area contributed by atoms with E-state index in [0.29, 0.717) is 12.8 Å². The van der Waals surface area contributed by atoms with Crippen LogP contribution < -0.4 is 0 Å². The van der Waals surface area contributed by atoms with Crippen LogP contribution in [0.3, 0.4) is 0 Å². The van der Waals surface area contributed by atoms with E-state index < -0.39 is 38.2 Å². The fraction of sp³-hybridized carbons (Fsp3) is 0.692. The summed E-state index contributed by atoms with van der Waals surface area (Å²) in [7, 11) is -2.18. The molecule has 0 aliphatic carbocycles. The third kappa shape index (κ3) is 8.87. The van der Waals surface area contributed by atoms with Gasteiger partial charge in [-0.1, -0.05) is 52.5 Å². The summed E-state index contributed by atoms with van der Waals surface area (Å²) in [6.45, 7) is 21.2. The zero-order valence-corrected chi connectivity index (χ0v) is 22.9. The number of hydrogen-bond donors (Lipinski definition) is 1. The monoisotopic (exact) mass is 480 g/mol. The number of hydrogen-bond acceptors (Lipinski definition) is 6. The Labute approximate surface area is 201 Å². The average Bonchev–Trinajstić information content (AvgIpc) is 2.65. The maximum absolute atomic E-state index is 13.0. The number of rotatable bonds is 5. The lowest BCUT2D eigenvalue weighted by atomic mass is 9.89. The van der Waals surface area contributed by atoms with Gasteiger partial charge < -0.3 is 19.0 Å². The van der Waals surface area contributed by atoms with Gasteiger partial charge in [0.1, 0.15) is 17.8 Å². The summed E-state index contributed by atoms with van der Waals surface area (Å²) in [6, 6.07) is 0. The van der Waals surface area contributed by atoms with Crippen LogP contribution in [0.25, 0.3) is 0 Å². The molecule has 0 spiro atoms. The lowest BCUT2D eigenvalue weighted by Gasteiger charge is -2.40. The van der Waals surface area contributed by atoms with E-state index in [2.05, 4.69) is 40.4 Å². The molecule has 6 nitrogen and oxygen atoms in total. The summed E-state index contributed by atoms with van der Waals surface area (Å²) >= 11 is 0. The molecule has 0 unspecified atom stereocenters. The fourth-order valence-corrected chi connectivity index (χ4v) is 4.98. The third-order valence-corrected chi connectivity index (χ3v) is 11.2. The molecule has 0 amide bonds. The van der Waals surface area contributed by atoms with Crippen molar-refractivity contribution in [3.8, 4) is 0 Å². The predicted octanol–water partition coefficient (Wildman–Crippen LogP) is 5.48. The van der Waals surface area contributed by atoms with Gasteiger partial charge >= 0.3 is 11.9 Å². The van der Waals surface area contributed by atoms with Crippen LogP contribution in [0.5, 0.6) is 0 Å². The van der Waals surface area contributed by atoms with Crippen molar-refractivity contribution in [2.75, 3.05) is 0 Å². The molecule has 0 radical (unpaired) electrons. The van der Waals surface area contributed by atoms with Gasteiger partial charge in [0.15, 0.2) is 8.32 Å². The van der Waals surface area contributed by atoms with Crippen molar-refractivity contribution in [1.29, 1.82) is 0 Å². The van der Waals surface area contributed by atoms with Gasteiger partial charge in [-0.2, -0.15) is 0 Å². The lowest BCUT2D eigenvalue weighted by molar-refractivity contribution is -0.157. The second kappa shape index (κ2) is 11.6. The van der Waals surface area contributed by atoms with Crippen molar-refractivity contribution in [2.24, 2.45) is 5.92 Å². The Bertz CT molecular complexity index is 759. The highest BCUT2D eigenvalue weighted by Crippen LogP contribution is 2.39. The van der Waals surface area contributed by atoms with Gasteiger partial charge in [-0.15, -0.1) is 0 Å². The van der Waals surface area contributed by atoms with Crippen molar-refractivity contribution in [3.05, 3.63) is 36.5 Å². The first-order chi connectivity index (χ1) is 15.0. The standard InChI is InChI=1S/C26H44O6Si/c1-11-12-18(2)24-19(3)13-14-22(30-20(4)27)26(8,29)16-15-21(17-23(28)31-24)32-33(9,10)25(5,6)7/h11-14,19,21-22,24,29H,1,15-17H2,2-10H3/b14-13+,18-12+/t19-,21+,22-,24+,26+/m0/s1. The number of ether oxygens (including phenoxy) is 2. The maximum atomic E-state index is 13.0. The minimum absolute atomic E-state index is 0.0353. The maximum Gasteiger partial charge on any atom is 0.308 e. The molecule has 0 fully saturated rings. The van der Waals surface area contributed by atoms with Crippen LogP contribution in [-0.4, -0.2) is 49.3 Å². The molecule has 0 bridgehead atoms. The highest BCUT2D eigenvalue weighted by Gasteiger charge is 2.41. The van der Waals surface area contributed by atoms with E-state index in [1.807, 2.05) is 26.0 Å². The molecule has 1 heterocycles. The van der Waals surface area contributed by atoms with E-state index in [0.717, 1.165) is 5.57 Å². The van der Waals surface area contributed by atoms with E-state index in [1.54, 1.807) is 19.1 Å². The normalized spacial score (nSPS) is 31.6. The first-order valence-corrected chi connectivity index (χ1v) is 14.7. The minimum Gasteiger partial charge on any atom is -0.457 e. The van der Waals surface area contributed by atoms with Gasteiger partial charge in [-0.25, -0.2) is 0 Å². The second-order valence-corrected chi connectivity index (χ2v) is 15.7. The van der Waals surface area contributed by atoms with E-state index in [-0.39, 0.29) is 23.3 Å². The van der Waals surface area contributed by atoms with E-state index in [1.165, 1.54) is 6.92 Å². The first kappa shape index (κ1) is 29.3. The Morgan fingerprint density at radius 1 is 1.30 bits per heavy atom. The molecule has 5 atom stereocenters. The number of esters is 2. The number of allylic oxidation sites excluding steroid dienone is 2. The number of carbonyl (C=O) groups is 2. The first-order valence-electron chi connectivity index (χ1n) is 11.7. The van der Waals surface area contributed by atoms with Crippen molar-refractivity contribution in [2.45, 2.75) is 110 Å². The van der Waals surface area contributed by atoms with E-state index in [4.69, 9.17) is 13.9 Å². The zero-order chi connectivity index (χ0) is 25.6. The molecule has 1 rings (SSSR count). The molecule has 1 N–H and O–H groups in total. The smallest absolute Gasteiger partial charge is 0.308 e. The Hall–Kier alpha value is -1.70. The van der Waals surface area contributed by atoms with Crippen LogP contribution in [-0.2, 0) is 23.5 Å². The molecule has 33 heavy (non-hydrogen) atoms. The Morgan fingerprint density at radius 3 is 2.42 bits per heavy atom. The Morgan fingerprint density at radius 2 is 1.91 bits per heavy atom. The largest absolute Gasteiger partial charge is 0.457 e. The Kier molecular flexibility index (Phi) is 10.3. The molecule has 0 aromatic carbocycles. The van der Waals surface area contributed by atoms with Gasteiger partial charge in [-0.3, -0.25) is 9.59 Å². The quantitative estimate of drug-likeness (QED) is 0.243. The SMILES string of the molecule is C=C/C=C(\C)[C@H]1OC(=O)C[C@H](O[Si](C)(C)C(C)(C)C)CC[C@@](C)(O)[C@@H](OC(C)=O)/C=C/[C@@H]1C. The molecule has 0 saturated carbocycles. The molecule has 1 aliphatic heterocycles. The van der Waals surface area contributed by atoms with Crippen LogP contribution in [0.15, 0.2) is 36.5 Å². The summed E-state index contributed by atoms with van der Waals surface area (Å²) in [4.78, 5) is 24.7. The molecule has 188 valence electrons. The molecular formula is C26H44O6Si. The summed E-state index contributed by atoms with van der Waals surface area (Å²) in [5.41, 5.74) is -0.466. The molecule has 1 aliphatic rings. The van der Waals surface area contributed by atoms with Crippen molar-refractivity contribution in [1.82, 2.24) is 0 Å². The summed E-state index contributed by atoms with van der Waals surface area (Å²) in [5, 5.41) is 11.2. The summed E-state index contributed by atoms with van der Waals surface area (Å²) < 4.78 is 17.9. The predicted molar refractivity (Wildman–Crippen MR) is 134 cm³/mol. The topological polar surface area (TPSA) is 82.1 Å². The molecule has 7 heteroatoms. The van der Waals surface area contributed by atoms with Crippen LogP contribution in [0, 0.1) is 5.92 Å². The molecule has 0 aromatic heterocycles. The van der Waals surface area contributed by atoms with Crippen molar-refractivity contribution in [3.63, 3.8) is 0 Å². The average molecular weight is 481 g/mol. The van der Waals surface area contributed by atoms with Crippen LogP contribution >= 0.6 is 0 Å². The second-order valence-electron chi connectivity index (χ2n) is 10.9. The number of cyclic esters (lactones) is 1. The van der Waals surface area contributed by atoms with Gasteiger partial charge in [0, 0.05) is 12.8 Å². The van der Waals surface area contributed by atoms with Crippen molar-refractivity contribution >= 4 is 20.3 Å². The number of carbonyl (C=O) groups excluding carboxylic acids is 2. The molecular weight excluding hydrogens is 436 g/mol. The Balaban J connectivity index is 3.41. The van der Waals surface area contributed by atoms with Crippen LogP contribution in [0.1, 0.15) is 67.7 Å². The van der Waals surface area contributed by atoms with Crippen LogP contribution in [0.4, 0.5) is 0 Å². The minimum atomic E-state index is -2.18. The summed E-state index contributed by atoms with van der Waals surface area (Å²) in [5.74, 6) is -1.01. The van der Waals surface area contributed by atoms with E-state index in [9.17, 15) is 14.7 Å². The molecule has 0 aromatic rings. The highest BCUT2D eigenvalue weighted by atomic mass is 28.4. The van der Waals surface area contributed by atoms with Gasteiger partial charge in [0.25, 0.3) is 0 Å². The summed E-state index contributed by atoms with van der Waals surface area (Å²) in [6.07, 6.45) is 6.07. The zero-order valence-electron chi connectivity index (χ0n) is 21.9. The number of aliphatic hydroxyl groups is 1. The molecule has 0 saturated heterocycles. The highest BCUT2D eigenvalue weighted by molar-refractivity contribution is 6.74. The van der Waals surface area contributed by atoms with Gasteiger partial charge in [0.05, 0.1) is 12.5 Å². The lowest BCUT2D eigenvalue weighted by Crippen LogP contribution is -2.46. The van der Waals surface area contributed by atoms with Crippen molar-refractivity contribution < 1.29 is 28.6 Å². The van der Waals surface area contributed by atoms with Gasteiger partial charge in [-0.05, 0) is 56.5 Å². The van der Waals surface area contributed by atoms with E-state index >= 15 is 0 Å². The van der Waals surface area contributed by atoms with Crippen LogP contribution in [0.2, 0.25) is 18.1 Å². The third-order valence-electron chi connectivity index (χ3n) is 6.70. The fourth-order valence-electron chi connectivity index (χ4n) is 3.59. The van der Waals surface area contributed by atoms with Gasteiger partial charge in [0.2, 0.25) is 0 Å².